The van der Waals surface area contributed by atoms with Crippen molar-refractivity contribution in [2.75, 3.05) is 30.4 Å². The summed E-state index contributed by atoms with van der Waals surface area (Å²) in [5.74, 6) is -0.335. The number of nitrogen functional groups attached to an aromatic ring is 1. The highest BCUT2D eigenvalue weighted by Crippen LogP contribution is 2.44. The van der Waals surface area contributed by atoms with E-state index >= 15 is 0 Å². The molecule has 0 radical (unpaired) electrons. The van der Waals surface area contributed by atoms with E-state index < -0.39 is 52.8 Å². The highest BCUT2D eigenvalue weighted by molar-refractivity contribution is 8.00. The number of oxime groups is 1. The van der Waals surface area contributed by atoms with E-state index in [4.69, 9.17) is 21.7 Å². The Kier molecular flexibility index (Phi) is 9.27. The molecular formula is C23H27N9O7S3. The van der Waals surface area contributed by atoms with Crippen LogP contribution in [0.3, 0.4) is 0 Å². The maximum Gasteiger partial charge on any atom is 0.347 e. The summed E-state index contributed by atoms with van der Waals surface area (Å²) in [5, 5.41) is 29.3. The number of thioether (sulfide) groups is 2. The fourth-order valence-electron chi connectivity index (χ4n) is 3.93. The minimum absolute atomic E-state index is 0.0720. The van der Waals surface area contributed by atoms with E-state index in [9.17, 15) is 24.3 Å². The van der Waals surface area contributed by atoms with Crippen molar-refractivity contribution in [3.8, 4) is 12.3 Å². The summed E-state index contributed by atoms with van der Waals surface area (Å²) in [6.07, 6.45) is 5.33. The second kappa shape index (κ2) is 12.5. The second-order valence-electron chi connectivity index (χ2n) is 10.2. The number of β-lactam (4-membered cyclic amide) rings is 1. The molecule has 0 saturated carbocycles. The molecule has 16 nitrogen and oxygen atoms in total. The Morgan fingerprint density at radius 2 is 2.17 bits per heavy atom. The lowest BCUT2D eigenvalue weighted by atomic mass is 9.89. The van der Waals surface area contributed by atoms with Crippen LogP contribution in [0.4, 0.5) is 5.13 Å². The molecule has 2 fully saturated rings. The van der Waals surface area contributed by atoms with Gasteiger partial charge in [-0.3, -0.25) is 14.4 Å². The zero-order chi connectivity index (χ0) is 30.7. The van der Waals surface area contributed by atoms with E-state index in [-0.39, 0.29) is 41.1 Å². The number of carboxylic acid groups (broad SMARTS) is 1. The summed E-state index contributed by atoms with van der Waals surface area (Å²) < 4.78 is 6.54. The number of tetrazole rings is 1. The lowest BCUT2D eigenvalue weighted by Crippen LogP contribution is -2.74. The van der Waals surface area contributed by atoms with Gasteiger partial charge in [0.15, 0.2) is 10.8 Å². The monoisotopic (exact) mass is 637 g/mol. The Hall–Kier alpha value is -3.89. The molecule has 4 rings (SSSR count). The van der Waals surface area contributed by atoms with Crippen molar-refractivity contribution in [1.82, 2.24) is 35.4 Å². The number of fused-ring (bicyclic) bond motifs is 1. The molecule has 19 heteroatoms. The molecule has 2 aliphatic rings. The van der Waals surface area contributed by atoms with Crippen LogP contribution in [0.1, 0.15) is 26.5 Å². The number of nitrogens with one attached hydrogen (secondary N) is 1. The number of rotatable bonds is 11. The van der Waals surface area contributed by atoms with Crippen molar-refractivity contribution >= 4 is 69.5 Å². The van der Waals surface area contributed by atoms with Crippen LogP contribution in [0.25, 0.3) is 0 Å². The summed E-state index contributed by atoms with van der Waals surface area (Å²) in [7, 11) is 0. The Balaban J connectivity index is 1.41. The zero-order valence-corrected chi connectivity index (χ0v) is 25.1. The molecule has 4 N–H and O–H groups in total. The minimum Gasteiger partial charge on any atom is -0.481 e. The first-order chi connectivity index (χ1) is 19.8. The molecule has 42 heavy (non-hydrogen) atoms. The Morgan fingerprint density at radius 1 is 1.40 bits per heavy atom. The number of anilines is 1. The molecule has 0 aliphatic carbocycles. The molecule has 224 valence electrons. The van der Waals surface area contributed by atoms with Crippen molar-refractivity contribution in [2.24, 2.45) is 10.6 Å². The van der Waals surface area contributed by atoms with Gasteiger partial charge in [-0.2, -0.15) is 0 Å². The largest absolute Gasteiger partial charge is 0.481 e. The molecule has 4 heterocycles. The number of esters is 1. The quantitative estimate of drug-likeness (QED) is 0.0718. The number of nitrogens with zero attached hydrogens (tertiary/aromatic N) is 7. The van der Waals surface area contributed by atoms with Gasteiger partial charge in [0.05, 0.1) is 0 Å². The first-order valence-corrected chi connectivity index (χ1v) is 15.2. The van der Waals surface area contributed by atoms with Crippen LogP contribution in [0.2, 0.25) is 0 Å². The van der Waals surface area contributed by atoms with E-state index in [1.807, 2.05) is 0 Å². The van der Waals surface area contributed by atoms with Gasteiger partial charge >= 0.3 is 11.9 Å². The Labute approximate surface area is 252 Å². The predicted octanol–water partition coefficient (Wildman–Crippen LogP) is -0.329. The topological polar surface area (TPSA) is 217 Å². The fourth-order valence-corrected chi connectivity index (χ4v) is 7.21. The number of carbonyl (C=O) groups is 4. The molecule has 0 spiro atoms. The van der Waals surface area contributed by atoms with Crippen LogP contribution in [0, 0.1) is 17.8 Å². The first-order valence-electron chi connectivity index (χ1n) is 12.3. The van der Waals surface area contributed by atoms with Gasteiger partial charge in [0.25, 0.3) is 5.91 Å². The van der Waals surface area contributed by atoms with Gasteiger partial charge in [0.2, 0.25) is 17.7 Å². The SMILES string of the molecule is C#CCn1nnnc1SCC1(C(=O)O)CS[C@@H]2C(NC(=O)C(=NOCC(=O)OC(C)(C)C)c3csc(N)n3)C(=O)N2C1. The average molecular weight is 638 g/mol. The Morgan fingerprint density at radius 3 is 2.81 bits per heavy atom. The number of amides is 2. The maximum atomic E-state index is 13.2. The minimum atomic E-state index is -1.29. The summed E-state index contributed by atoms with van der Waals surface area (Å²) in [4.78, 5) is 61.2. The number of terminal acetylenes is 1. The smallest absolute Gasteiger partial charge is 0.347 e. The second-order valence-corrected chi connectivity index (χ2v) is 13.1. The van der Waals surface area contributed by atoms with Gasteiger partial charge in [0.1, 0.15) is 34.7 Å². The normalized spacial score (nSPS) is 22.0. The standard InChI is InChI=1S/C23H27N9O7S3/c1-5-6-32-21(27-29-30-32)42-11-23(19(36)37)9-31-17(35)15(18(31)41-10-23)26-16(34)14(12-8-40-20(24)25-12)28-38-7-13(33)39-22(2,3)4/h1,8,15,18H,6-7,9-11H2,2-4H3,(H2,24,25)(H,26,34)(H,36,37)/t15?,18-,23?/m1/s1. The van der Waals surface area contributed by atoms with Gasteiger partial charge in [-0.05, 0) is 31.2 Å². The molecule has 3 atom stereocenters. The number of hydrogen-bond donors (Lipinski definition) is 3. The van der Waals surface area contributed by atoms with Crippen molar-refractivity contribution in [1.29, 1.82) is 0 Å². The molecule has 2 amide bonds. The number of aromatic nitrogens is 5. The number of nitrogens with two attached hydrogens (primary N) is 1. The lowest BCUT2D eigenvalue weighted by Gasteiger charge is -2.53. The third-order valence-corrected chi connectivity index (χ3v) is 9.35. The lowest BCUT2D eigenvalue weighted by molar-refractivity contribution is -0.160. The van der Waals surface area contributed by atoms with Crippen LogP contribution in [0.15, 0.2) is 15.7 Å². The molecule has 0 aromatic carbocycles. The molecule has 2 unspecified atom stereocenters. The van der Waals surface area contributed by atoms with E-state index in [2.05, 4.69) is 36.9 Å². The van der Waals surface area contributed by atoms with Crippen LogP contribution < -0.4 is 11.1 Å². The maximum absolute atomic E-state index is 13.2. The van der Waals surface area contributed by atoms with Gasteiger partial charge in [-0.25, -0.2) is 14.5 Å². The summed E-state index contributed by atoms with van der Waals surface area (Å²) in [5.41, 5.74) is 3.48. The third-order valence-electron chi connectivity index (χ3n) is 5.84. The van der Waals surface area contributed by atoms with Crippen LogP contribution in [0.5, 0.6) is 0 Å². The summed E-state index contributed by atoms with van der Waals surface area (Å²) in [6.45, 7) is 4.57. The molecule has 2 aromatic heterocycles. The highest BCUT2D eigenvalue weighted by atomic mass is 32.2. The molecular weight excluding hydrogens is 611 g/mol. The van der Waals surface area contributed by atoms with Gasteiger partial charge in [-0.1, -0.05) is 22.8 Å². The zero-order valence-electron chi connectivity index (χ0n) is 22.7. The van der Waals surface area contributed by atoms with Crippen molar-refractivity contribution < 1.29 is 33.9 Å². The van der Waals surface area contributed by atoms with Gasteiger partial charge in [-0.15, -0.1) is 34.6 Å². The number of carboxylic acids is 1. The number of aliphatic carboxylic acids is 1. The van der Waals surface area contributed by atoms with E-state index in [1.54, 1.807) is 20.8 Å². The van der Waals surface area contributed by atoms with Gasteiger partial charge in [0, 0.05) is 23.4 Å². The van der Waals surface area contributed by atoms with Crippen molar-refractivity contribution in [3.05, 3.63) is 11.1 Å². The average Bonchev–Trinajstić information content (AvgIpc) is 3.55. The first kappa shape index (κ1) is 31.1. The molecule has 0 bridgehead atoms. The van der Waals surface area contributed by atoms with Gasteiger partial charge < -0.3 is 30.6 Å². The molecule has 2 aliphatic heterocycles. The molecule has 2 aromatic rings. The number of hydrogen-bond acceptors (Lipinski definition) is 15. The number of thiazole rings is 1. The highest BCUT2D eigenvalue weighted by Gasteiger charge is 2.57. The van der Waals surface area contributed by atoms with Crippen LogP contribution in [-0.2, 0) is 35.3 Å². The van der Waals surface area contributed by atoms with Crippen LogP contribution >= 0.6 is 34.9 Å². The van der Waals surface area contributed by atoms with E-state index in [1.165, 1.54) is 26.7 Å². The number of carbonyl (C=O) groups excluding carboxylic acids is 3. The summed E-state index contributed by atoms with van der Waals surface area (Å²) >= 11 is 3.43. The van der Waals surface area contributed by atoms with E-state index in [0.29, 0.717) is 5.16 Å². The fraction of sp³-hybridized carbons (Fsp3) is 0.522. The molecule has 2 saturated heterocycles. The predicted molar refractivity (Wildman–Crippen MR) is 152 cm³/mol. The third kappa shape index (κ3) is 6.94. The number of ether oxygens (including phenoxy) is 1. The van der Waals surface area contributed by atoms with Crippen LogP contribution in [-0.4, -0.2) is 106 Å². The summed E-state index contributed by atoms with van der Waals surface area (Å²) in [6, 6.07) is -0.947. The van der Waals surface area contributed by atoms with Crippen molar-refractivity contribution in [2.45, 2.75) is 49.5 Å². The van der Waals surface area contributed by atoms with Crippen molar-refractivity contribution in [3.63, 3.8) is 0 Å². The Bertz CT molecular complexity index is 1450. The van der Waals surface area contributed by atoms with E-state index in [0.717, 1.165) is 23.1 Å².